The predicted octanol–water partition coefficient (Wildman–Crippen LogP) is 3.38. The van der Waals surface area contributed by atoms with Gasteiger partial charge in [0.1, 0.15) is 11.1 Å². The fraction of sp³-hybridized carbons (Fsp3) is 0.417. The van der Waals surface area contributed by atoms with Crippen molar-refractivity contribution in [2.24, 2.45) is 5.92 Å². The zero-order chi connectivity index (χ0) is 10.8. The number of thiazole rings is 1. The van der Waals surface area contributed by atoms with Crippen LogP contribution in [0.5, 0.6) is 0 Å². The van der Waals surface area contributed by atoms with Crippen molar-refractivity contribution >= 4 is 21.6 Å². The summed E-state index contributed by atoms with van der Waals surface area (Å²) < 4.78 is 1.15. The van der Waals surface area contributed by atoms with Crippen LogP contribution in [0.3, 0.4) is 0 Å². The van der Waals surface area contributed by atoms with Crippen LogP contribution in [0, 0.1) is 5.92 Å². The number of hydrogen-bond donors (Lipinski definition) is 1. The fourth-order valence-electron chi connectivity index (χ4n) is 1.58. The van der Waals surface area contributed by atoms with Gasteiger partial charge in [-0.05, 0) is 24.5 Å². The van der Waals surface area contributed by atoms with Gasteiger partial charge < -0.3 is 5.11 Å². The summed E-state index contributed by atoms with van der Waals surface area (Å²) in [5.41, 5.74) is 0.986. The zero-order valence-corrected chi connectivity index (χ0v) is 9.79. The molecule has 1 aromatic carbocycles. The van der Waals surface area contributed by atoms with Crippen LogP contribution in [0.25, 0.3) is 10.2 Å². The van der Waals surface area contributed by atoms with E-state index in [0.29, 0.717) is 5.92 Å². The van der Waals surface area contributed by atoms with Crippen LogP contribution in [0.1, 0.15) is 31.4 Å². The Morgan fingerprint density at radius 1 is 1.33 bits per heavy atom. The van der Waals surface area contributed by atoms with Gasteiger partial charge in [0.2, 0.25) is 0 Å². The van der Waals surface area contributed by atoms with Gasteiger partial charge in [-0.2, -0.15) is 0 Å². The largest absolute Gasteiger partial charge is 0.386 e. The lowest BCUT2D eigenvalue weighted by atomic mass is 10.1. The first-order valence-corrected chi connectivity index (χ1v) is 6.02. The second-order valence-electron chi connectivity index (χ2n) is 4.17. The number of fused-ring (bicyclic) bond motifs is 1. The van der Waals surface area contributed by atoms with Crippen molar-refractivity contribution in [2.45, 2.75) is 26.4 Å². The van der Waals surface area contributed by atoms with E-state index in [1.54, 1.807) is 11.3 Å². The van der Waals surface area contributed by atoms with Gasteiger partial charge in [-0.15, -0.1) is 11.3 Å². The van der Waals surface area contributed by atoms with Crippen LogP contribution in [0.2, 0.25) is 0 Å². The highest BCUT2D eigenvalue weighted by atomic mass is 32.1. The van der Waals surface area contributed by atoms with Crippen molar-refractivity contribution in [1.82, 2.24) is 4.98 Å². The van der Waals surface area contributed by atoms with Gasteiger partial charge in [0.15, 0.2) is 0 Å². The van der Waals surface area contributed by atoms with E-state index in [9.17, 15) is 5.11 Å². The first-order chi connectivity index (χ1) is 7.16. The molecule has 15 heavy (non-hydrogen) atoms. The molecule has 0 saturated heterocycles. The van der Waals surface area contributed by atoms with Crippen LogP contribution in [0.15, 0.2) is 24.3 Å². The molecule has 0 aliphatic heterocycles. The van der Waals surface area contributed by atoms with Crippen LogP contribution in [-0.4, -0.2) is 10.1 Å². The molecule has 0 aliphatic carbocycles. The van der Waals surface area contributed by atoms with E-state index < -0.39 is 6.10 Å². The summed E-state index contributed by atoms with van der Waals surface area (Å²) in [7, 11) is 0. The third-order valence-electron chi connectivity index (χ3n) is 2.29. The van der Waals surface area contributed by atoms with Crippen molar-refractivity contribution in [1.29, 1.82) is 0 Å². The molecular formula is C12H15NOS. The Hall–Kier alpha value is -0.930. The second kappa shape index (κ2) is 4.29. The Kier molecular flexibility index (Phi) is 3.03. The zero-order valence-electron chi connectivity index (χ0n) is 8.97. The molecule has 0 aliphatic rings. The Labute approximate surface area is 93.6 Å². The highest BCUT2D eigenvalue weighted by Crippen LogP contribution is 2.29. The molecule has 0 bridgehead atoms. The summed E-state index contributed by atoms with van der Waals surface area (Å²) in [5.74, 6) is 0.493. The lowest BCUT2D eigenvalue weighted by Crippen LogP contribution is -2.00. The lowest BCUT2D eigenvalue weighted by Gasteiger charge is -2.09. The van der Waals surface area contributed by atoms with E-state index in [4.69, 9.17) is 0 Å². The average Bonchev–Trinajstić information content (AvgIpc) is 2.59. The molecule has 2 aromatic rings. The smallest absolute Gasteiger partial charge is 0.122 e. The van der Waals surface area contributed by atoms with E-state index in [-0.39, 0.29) is 0 Å². The number of aliphatic hydroxyl groups excluding tert-OH is 1. The highest BCUT2D eigenvalue weighted by molar-refractivity contribution is 7.18. The summed E-state index contributed by atoms with van der Waals surface area (Å²) in [6.45, 7) is 4.22. The van der Waals surface area contributed by atoms with Gasteiger partial charge in [-0.25, -0.2) is 4.98 Å². The molecule has 0 saturated carbocycles. The molecule has 80 valence electrons. The van der Waals surface area contributed by atoms with Gasteiger partial charge >= 0.3 is 0 Å². The molecule has 1 aromatic heterocycles. The van der Waals surface area contributed by atoms with Gasteiger partial charge in [-0.1, -0.05) is 26.0 Å². The molecule has 2 nitrogen and oxygen atoms in total. The van der Waals surface area contributed by atoms with Crippen molar-refractivity contribution in [3.8, 4) is 0 Å². The number of rotatable bonds is 3. The van der Waals surface area contributed by atoms with Crippen molar-refractivity contribution in [2.75, 3.05) is 0 Å². The Balaban J connectivity index is 2.28. The highest BCUT2D eigenvalue weighted by Gasteiger charge is 2.14. The number of para-hydroxylation sites is 1. The molecule has 3 heteroatoms. The van der Waals surface area contributed by atoms with E-state index >= 15 is 0 Å². The number of nitrogens with zero attached hydrogens (tertiary/aromatic N) is 1. The maximum atomic E-state index is 9.94. The maximum Gasteiger partial charge on any atom is 0.122 e. The number of benzene rings is 1. The normalized spacial score (nSPS) is 13.6. The van der Waals surface area contributed by atoms with Crippen LogP contribution >= 0.6 is 11.3 Å². The van der Waals surface area contributed by atoms with Crippen LogP contribution < -0.4 is 0 Å². The number of aliphatic hydroxyl groups is 1. The molecule has 0 amide bonds. The molecule has 1 atom stereocenters. The quantitative estimate of drug-likeness (QED) is 0.862. The number of aromatic nitrogens is 1. The lowest BCUT2D eigenvalue weighted by molar-refractivity contribution is 0.151. The molecule has 0 fully saturated rings. The van der Waals surface area contributed by atoms with E-state index in [1.165, 1.54) is 0 Å². The summed E-state index contributed by atoms with van der Waals surface area (Å²) in [6, 6.07) is 8.00. The standard InChI is InChI=1S/C12H15NOS/c1-8(2)7-10(14)12-13-9-5-3-4-6-11(9)15-12/h3-6,8,10,14H,7H2,1-2H3. The fourth-order valence-corrected chi connectivity index (χ4v) is 2.55. The minimum atomic E-state index is -0.414. The van der Waals surface area contributed by atoms with Gasteiger partial charge in [0.05, 0.1) is 10.2 Å². The Morgan fingerprint density at radius 2 is 2.07 bits per heavy atom. The first-order valence-electron chi connectivity index (χ1n) is 5.20. The Morgan fingerprint density at radius 3 is 2.73 bits per heavy atom. The first kappa shape index (κ1) is 10.6. The van der Waals surface area contributed by atoms with Crippen molar-refractivity contribution in [3.05, 3.63) is 29.3 Å². The maximum absolute atomic E-state index is 9.94. The third kappa shape index (κ3) is 2.36. The summed E-state index contributed by atoms with van der Waals surface area (Å²) >= 11 is 1.59. The molecule has 1 heterocycles. The third-order valence-corrected chi connectivity index (χ3v) is 3.43. The molecule has 1 N–H and O–H groups in total. The molecule has 1 unspecified atom stereocenters. The minimum absolute atomic E-state index is 0.414. The summed E-state index contributed by atoms with van der Waals surface area (Å²) in [4.78, 5) is 4.43. The van der Waals surface area contributed by atoms with Crippen LogP contribution in [0.4, 0.5) is 0 Å². The minimum Gasteiger partial charge on any atom is -0.386 e. The van der Waals surface area contributed by atoms with Crippen molar-refractivity contribution in [3.63, 3.8) is 0 Å². The summed E-state index contributed by atoms with van der Waals surface area (Å²) in [5, 5.41) is 10.8. The second-order valence-corrected chi connectivity index (χ2v) is 5.23. The topological polar surface area (TPSA) is 33.1 Å². The molecular weight excluding hydrogens is 206 g/mol. The summed E-state index contributed by atoms with van der Waals surface area (Å²) in [6.07, 6.45) is 0.363. The monoisotopic (exact) mass is 221 g/mol. The molecule has 0 spiro atoms. The van der Waals surface area contributed by atoms with Gasteiger partial charge in [0.25, 0.3) is 0 Å². The van der Waals surface area contributed by atoms with E-state index in [2.05, 4.69) is 18.8 Å². The van der Waals surface area contributed by atoms with Gasteiger partial charge in [-0.3, -0.25) is 0 Å². The molecule has 0 radical (unpaired) electrons. The van der Waals surface area contributed by atoms with Crippen molar-refractivity contribution < 1.29 is 5.11 Å². The Bertz CT molecular complexity index is 417. The average molecular weight is 221 g/mol. The van der Waals surface area contributed by atoms with E-state index in [0.717, 1.165) is 21.6 Å². The molecule has 2 rings (SSSR count). The number of hydrogen-bond acceptors (Lipinski definition) is 3. The van der Waals surface area contributed by atoms with Crippen LogP contribution in [-0.2, 0) is 0 Å². The SMILES string of the molecule is CC(C)CC(O)c1nc2ccccc2s1. The predicted molar refractivity (Wildman–Crippen MR) is 64.0 cm³/mol. The van der Waals surface area contributed by atoms with E-state index in [1.807, 2.05) is 24.3 Å². The van der Waals surface area contributed by atoms with Gasteiger partial charge in [0, 0.05) is 0 Å².